The first-order valence-electron chi connectivity index (χ1n) is 9.80. The molecular weight excluding hydrogens is 327 g/mol. The van der Waals surface area contributed by atoms with Gasteiger partial charge in [-0.15, -0.1) is 24.8 Å². The van der Waals surface area contributed by atoms with Crippen molar-refractivity contribution in [3.8, 4) is 0 Å². The number of hydrogen-bond acceptors (Lipinski definition) is 2. The van der Waals surface area contributed by atoms with E-state index in [-0.39, 0.29) is 24.8 Å². The van der Waals surface area contributed by atoms with Gasteiger partial charge in [0.25, 0.3) is 0 Å². The Morgan fingerprint density at radius 1 is 0.652 bits per heavy atom. The molecule has 0 aromatic carbocycles. The molecule has 1 aliphatic heterocycles. The summed E-state index contributed by atoms with van der Waals surface area (Å²) < 4.78 is 0. The minimum atomic E-state index is 0. The Bertz CT molecular complexity index is 365. The summed E-state index contributed by atoms with van der Waals surface area (Å²) in [4.78, 5) is 5.81. The molecule has 0 radical (unpaired) electrons. The number of nitrogens with zero attached hydrogens (tertiary/aromatic N) is 2. The van der Waals surface area contributed by atoms with Crippen molar-refractivity contribution in [2.45, 2.75) is 75.8 Å². The van der Waals surface area contributed by atoms with Crippen LogP contribution in [0.4, 0.5) is 0 Å². The molecule has 0 spiro atoms. The van der Waals surface area contributed by atoms with Gasteiger partial charge in [-0.2, -0.15) is 0 Å². The van der Waals surface area contributed by atoms with Crippen LogP contribution >= 0.6 is 24.8 Å². The molecule has 6 aliphatic rings. The van der Waals surface area contributed by atoms with Crippen molar-refractivity contribution in [2.24, 2.45) is 17.8 Å². The molecule has 0 atom stereocenters. The minimum absolute atomic E-state index is 0. The van der Waals surface area contributed by atoms with Crippen LogP contribution in [0.2, 0.25) is 0 Å². The Labute approximate surface area is 154 Å². The van der Waals surface area contributed by atoms with Gasteiger partial charge in [0, 0.05) is 37.8 Å². The van der Waals surface area contributed by atoms with Gasteiger partial charge in [-0.25, -0.2) is 0 Å². The molecule has 1 heterocycles. The first-order chi connectivity index (χ1) is 10.3. The molecule has 0 unspecified atom stereocenters. The fourth-order valence-corrected chi connectivity index (χ4v) is 7.28. The van der Waals surface area contributed by atoms with E-state index >= 15 is 0 Å². The third-order valence-electron chi connectivity index (χ3n) is 7.83. The fourth-order valence-electron chi connectivity index (χ4n) is 7.28. The highest BCUT2D eigenvalue weighted by molar-refractivity contribution is 5.85. The second kappa shape index (κ2) is 7.02. The second-order valence-electron chi connectivity index (χ2n) is 9.10. The second-order valence-corrected chi connectivity index (χ2v) is 9.10. The van der Waals surface area contributed by atoms with E-state index in [0.29, 0.717) is 5.54 Å². The molecule has 134 valence electrons. The summed E-state index contributed by atoms with van der Waals surface area (Å²) in [5, 5.41) is 0. The topological polar surface area (TPSA) is 6.48 Å². The Morgan fingerprint density at radius 3 is 1.61 bits per heavy atom. The van der Waals surface area contributed by atoms with Crippen molar-refractivity contribution < 1.29 is 0 Å². The summed E-state index contributed by atoms with van der Waals surface area (Å²) in [5.41, 5.74) is 0.663. The van der Waals surface area contributed by atoms with Crippen LogP contribution in [0.1, 0.15) is 64.2 Å². The average Bonchev–Trinajstić information content (AvgIpc) is 3.00. The van der Waals surface area contributed by atoms with Gasteiger partial charge < -0.3 is 0 Å². The molecule has 2 nitrogen and oxygen atoms in total. The number of piperazine rings is 1. The lowest BCUT2D eigenvalue weighted by molar-refractivity contribution is -0.103. The van der Waals surface area contributed by atoms with Crippen molar-refractivity contribution in [3.05, 3.63) is 0 Å². The van der Waals surface area contributed by atoms with E-state index in [1.54, 1.807) is 38.5 Å². The molecule has 0 amide bonds. The summed E-state index contributed by atoms with van der Waals surface area (Å²) in [6.45, 7) is 5.49. The summed E-state index contributed by atoms with van der Waals surface area (Å²) in [7, 11) is 0. The van der Waals surface area contributed by atoms with E-state index < -0.39 is 0 Å². The third kappa shape index (κ3) is 3.18. The highest BCUT2D eigenvalue weighted by Gasteiger charge is 2.53. The molecule has 0 aromatic heterocycles. The predicted molar refractivity (Wildman–Crippen MR) is 101 cm³/mol. The van der Waals surface area contributed by atoms with Crippen LogP contribution in [0.25, 0.3) is 0 Å². The van der Waals surface area contributed by atoms with E-state index in [9.17, 15) is 0 Å². The van der Waals surface area contributed by atoms with Crippen LogP contribution in [0.5, 0.6) is 0 Å². The van der Waals surface area contributed by atoms with Crippen molar-refractivity contribution in [1.82, 2.24) is 9.80 Å². The fraction of sp³-hybridized carbons (Fsp3) is 1.00. The van der Waals surface area contributed by atoms with E-state index in [2.05, 4.69) is 9.80 Å². The van der Waals surface area contributed by atoms with Crippen molar-refractivity contribution in [3.63, 3.8) is 0 Å². The van der Waals surface area contributed by atoms with Crippen LogP contribution in [-0.2, 0) is 0 Å². The zero-order valence-electron chi connectivity index (χ0n) is 14.4. The molecule has 4 bridgehead atoms. The predicted octanol–water partition coefficient (Wildman–Crippen LogP) is 4.36. The zero-order chi connectivity index (χ0) is 13.9. The molecule has 6 rings (SSSR count). The monoisotopic (exact) mass is 360 g/mol. The van der Waals surface area contributed by atoms with Gasteiger partial charge in [0.2, 0.25) is 0 Å². The van der Waals surface area contributed by atoms with Gasteiger partial charge in [-0.05, 0) is 69.1 Å². The number of rotatable bonds is 2. The van der Waals surface area contributed by atoms with Crippen LogP contribution in [0, 0.1) is 17.8 Å². The Kier molecular flexibility index (Phi) is 5.58. The maximum atomic E-state index is 2.98. The van der Waals surface area contributed by atoms with Crippen LogP contribution in [0.3, 0.4) is 0 Å². The summed E-state index contributed by atoms with van der Waals surface area (Å²) in [6, 6.07) is 0.948. The number of halogens is 2. The van der Waals surface area contributed by atoms with Gasteiger partial charge in [-0.1, -0.05) is 12.8 Å². The van der Waals surface area contributed by atoms with Gasteiger partial charge in [0.15, 0.2) is 0 Å². The summed E-state index contributed by atoms with van der Waals surface area (Å²) in [6.07, 6.45) is 15.4. The van der Waals surface area contributed by atoms with Gasteiger partial charge >= 0.3 is 0 Å². The largest absolute Gasteiger partial charge is 0.298 e. The molecule has 0 N–H and O–H groups in total. The molecule has 1 saturated heterocycles. The van der Waals surface area contributed by atoms with Crippen LogP contribution in [-0.4, -0.2) is 47.6 Å². The van der Waals surface area contributed by atoms with Crippen LogP contribution < -0.4 is 0 Å². The van der Waals surface area contributed by atoms with Crippen molar-refractivity contribution in [1.29, 1.82) is 0 Å². The lowest BCUT2D eigenvalue weighted by Gasteiger charge is -2.62. The minimum Gasteiger partial charge on any atom is -0.298 e. The molecular formula is C19H34Cl2N2. The van der Waals surface area contributed by atoms with E-state index in [0.717, 1.165) is 23.8 Å². The first-order valence-corrected chi connectivity index (χ1v) is 9.80. The highest BCUT2D eigenvalue weighted by atomic mass is 35.5. The van der Waals surface area contributed by atoms with Gasteiger partial charge in [0.1, 0.15) is 0 Å². The van der Waals surface area contributed by atoms with Gasteiger partial charge in [0.05, 0.1) is 0 Å². The smallest absolute Gasteiger partial charge is 0.0218 e. The molecule has 6 fully saturated rings. The Morgan fingerprint density at radius 2 is 1.13 bits per heavy atom. The standard InChI is InChI=1S/C19H32N2.2ClH/c1-2-4-18(3-1)20-5-7-21(8-6-20)19-12-15-9-16(13-19)11-17(10-15)14-19;;/h15-18H,1-14H2;2*1H. The molecule has 5 saturated carbocycles. The maximum absolute atomic E-state index is 2.98. The molecule has 23 heavy (non-hydrogen) atoms. The summed E-state index contributed by atoms with van der Waals surface area (Å²) >= 11 is 0. The average molecular weight is 361 g/mol. The highest BCUT2D eigenvalue weighted by Crippen LogP contribution is 2.57. The van der Waals surface area contributed by atoms with Crippen LogP contribution in [0.15, 0.2) is 0 Å². The lowest BCUT2D eigenvalue weighted by atomic mass is 9.52. The van der Waals surface area contributed by atoms with Gasteiger partial charge in [-0.3, -0.25) is 9.80 Å². The quantitative estimate of drug-likeness (QED) is 0.721. The maximum Gasteiger partial charge on any atom is 0.0218 e. The van der Waals surface area contributed by atoms with Crippen molar-refractivity contribution >= 4 is 24.8 Å². The van der Waals surface area contributed by atoms with Crippen molar-refractivity contribution in [2.75, 3.05) is 26.2 Å². The van der Waals surface area contributed by atoms with E-state index in [4.69, 9.17) is 0 Å². The Balaban J connectivity index is 0.000000781. The van der Waals surface area contributed by atoms with E-state index in [1.807, 2.05) is 0 Å². The molecule has 5 aliphatic carbocycles. The third-order valence-corrected chi connectivity index (χ3v) is 7.83. The Hall–Kier alpha value is 0.500. The lowest BCUT2D eigenvalue weighted by Crippen LogP contribution is -2.64. The number of hydrogen-bond donors (Lipinski definition) is 0. The first kappa shape index (κ1) is 18.3. The normalized spacial score (nSPS) is 44.1. The molecule has 0 aromatic rings. The molecule has 4 heteroatoms. The van der Waals surface area contributed by atoms with E-state index in [1.165, 1.54) is 51.9 Å². The zero-order valence-corrected chi connectivity index (χ0v) is 16.1. The SMILES string of the molecule is C1CCC(N2CCN(C34CC5CC(CC(C5)C3)C4)CC2)C1.Cl.Cl. The summed E-state index contributed by atoms with van der Waals surface area (Å²) in [5.74, 6) is 3.30.